The highest BCUT2D eigenvalue weighted by Gasteiger charge is 2.27. The molecule has 0 atom stereocenters. The summed E-state index contributed by atoms with van der Waals surface area (Å²) in [6, 6.07) is 0.654. The average Bonchev–Trinajstić information content (AvgIpc) is 2.84. The van der Waals surface area contributed by atoms with E-state index in [2.05, 4.69) is 10.2 Å². The Bertz CT molecular complexity index is 169. The maximum atomic E-state index is 10.6. The van der Waals surface area contributed by atoms with E-state index in [0.717, 1.165) is 13.1 Å². The SMILES string of the molecule is CC(=O)NCCN(CCO)C1CC1. The number of aliphatic hydroxyl groups excluding tert-OH is 1. The van der Waals surface area contributed by atoms with Gasteiger partial charge in [0.25, 0.3) is 0 Å². The standard InChI is InChI=1S/C9H18N2O2/c1-8(13)10-4-5-11(6-7-12)9-2-3-9/h9,12H,2-7H2,1H3,(H,10,13). The first-order valence-electron chi connectivity index (χ1n) is 4.83. The highest BCUT2D eigenvalue weighted by molar-refractivity contribution is 5.72. The van der Waals surface area contributed by atoms with Crippen LogP contribution in [0.5, 0.6) is 0 Å². The molecule has 4 nitrogen and oxygen atoms in total. The molecule has 0 radical (unpaired) electrons. The van der Waals surface area contributed by atoms with E-state index in [1.165, 1.54) is 19.8 Å². The van der Waals surface area contributed by atoms with Gasteiger partial charge < -0.3 is 10.4 Å². The molecule has 0 aromatic carbocycles. The van der Waals surface area contributed by atoms with E-state index in [9.17, 15) is 4.79 Å². The van der Waals surface area contributed by atoms with E-state index in [0.29, 0.717) is 12.6 Å². The predicted molar refractivity (Wildman–Crippen MR) is 50.4 cm³/mol. The third-order valence-electron chi connectivity index (χ3n) is 2.22. The molecule has 0 saturated heterocycles. The predicted octanol–water partition coefficient (Wildman–Crippen LogP) is -0.421. The van der Waals surface area contributed by atoms with Gasteiger partial charge in [-0.05, 0) is 12.8 Å². The summed E-state index contributed by atoms with van der Waals surface area (Å²) in [4.78, 5) is 12.8. The van der Waals surface area contributed by atoms with Crippen molar-refractivity contribution in [1.82, 2.24) is 10.2 Å². The summed E-state index contributed by atoms with van der Waals surface area (Å²) in [7, 11) is 0. The average molecular weight is 186 g/mol. The van der Waals surface area contributed by atoms with Gasteiger partial charge in [0.1, 0.15) is 0 Å². The van der Waals surface area contributed by atoms with Crippen molar-refractivity contribution in [3.05, 3.63) is 0 Å². The zero-order chi connectivity index (χ0) is 9.68. The Labute approximate surface area is 78.9 Å². The van der Waals surface area contributed by atoms with Crippen LogP contribution in [-0.2, 0) is 4.79 Å². The molecule has 0 spiro atoms. The number of hydrogen-bond donors (Lipinski definition) is 2. The molecule has 1 aliphatic carbocycles. The zero-order valence-electron chi connectivity index (χ0n) is 8.12. The van der Waals surface area contributed by atoms with Gasteiger partial charge in [0.15, 0.2) is 0 Å². The molecule has 1 aliphatic rings. The second kappa shape index (κ2) is 5.19. The summed E-state index contributed by atoms with van der Waals surface area (Å²) < 4.78 is 0. The minimum absolute atomic E-state index is 0.0137. The summed E-state index contributed by atoms with van der Waals surface area (Å²) >= 11 is 0. The van der Waals surface area contributed by atoms with Gasteiger partial charge in [-0.3, -0.25) is 9.69 Å². The zero-order valence-corrected chi connectivity index (χ0v) is 8.12. The van der Waals surface area contributed by atoms with Gasteiger partial charge in [0.05, 0.1) is 6.61 Å². The minimum atomic E-state index is 0.0137. The molecule has 76 valence electrons. The Morgan fingerprint density at radius 3 is 2.69 bits per heavy atom. The van der Waals surface area contributed by atoms with E-state index in [1.807, 2.05) is 0 Å². The van der Waals surface area contributed by atoms with Gasteiger partial charge in [-0.1, -0.05) is 0 Å². The maximum absolute atomic E-state index is 10.6. The fourth-order valence-electron chi connectivity index (χ4n) is 1.42. The Balaban J connectivity index is 2.10. The molecule has 13 heavy (non-hydrogen) atoms. The fraction of sp³-hybridized carbons (Fsp3) is 0.889. The van der Waals surface area contributed by atoms with Crippen LogP contribution in [0.4, 0.5) is 0 Å². The lowest BCUT2D eigenvalue weighted by Crippen LogP contribution is -2.36. The lowest BCUT2D eigenvalue weighted by atomic mass is 10.4. The number of carbonyl (C=O) groups is 1. The monoisotopic (exact) mass is 186 g/mol. The van der Waals surface area contributed by atoms with Gasteiger partial charge in [-0.15, -0.1) is 0 Å². The minimum Gasteiger partial charge on any atom is -0.395 e. The van der Waals surface area contributed by atoms with Crippen LogP contribution >= 0.6 is 0 Å². The van der Waals surface area contributed by atoms with E-state index in [1.54, 1.807) is 0 Å². The first-order valence-corrected chi connectivity index (χ1v) is 4.83. The summed E-state index contributed by atoms with van der Waals surface area (Å²) in [6.07, 6.45) is 2.47. The molecule has 0 heterocycles. The number of nitrogens with zero attached hydrogens (tertiary/aromatic N) is 1. The van der Waals surface area contributed by atoms with Crippen molar-refractivity contribution >= 4 is 5.91 Å². The first-order chi connectivity index (χ1) is 6.24. The van der Waals surface area contributed by atoms with Crippen molar-refractivity contribution in [2.75, 3.05) is 26.2 Å². The molecule has 0 aliphatic heterocycles. The molecule has 1 amide bonds. The Hall–Kier alpha value is -0.610. The van der Waals surface area contributed by atoms with E-state index < -0.39 is 0 Å². The van der Waals surface area contributed by atoms with E-state index >= 15 is 0 Å². The van der Waals surface area contributed by atoms with E-state index in [-0.39, 0.29) is 12.5 Å². The van der Waals surface area contributed by atoms with Gasteiger partial charge in [-0.2, -0.15) is 0 Å². The Morgan fingerprint density at radius 1 is 1.54 bits per heavy atom. The fourth-order valence-corrected chi connectivity index (χ4v) is 1.42. The van der Waals surface area contributed by atoms with Crippen LogP contribution in [0.1, 0.15) is 19.8 Å². The summed E-state index contributed by atoms with van der Waals surface area (Å²) in [5.41, 5.74) is 0. The number of aliphatic hydroxyl groups is 1. The Morgan fingerprint density at radius 2 is 2.23 bits per heavy atom. The molecule has 1 fully saturated rings. The van der Waals surface area contributed by atoms with Crippen molar-refractivity contribution < 1.29 is 9.90 Å². The van der Waals surface area contributed by atoms with Crippen LogP contribution in [-0.4, -0.2) is 48.2 Å². The van der Waals surface area contributed by atoms with E-state index in [4.69, 9.17) is 5.11 Å². The van der Waals surface area contributed by atoms with Crippen molar-refractivity contribution in [2.45, 2.75) is 25.8 Å². The number of nitrogens with one attached hydrogen (secondary N) is 1. The summed E-state index contributed by atoms with van der Waals surface area (Å²) in [6.45, 7) is 3.99. The number of amides is 1. The largest absolute Gasteiger partial charge is 0.395 e. The van der Waals surface area contributed by atoms with Crippen molar-refractivity contribution in [1.29, 1.82) is 0 Å². The molecule has 4 heteroatoms. The van der Waals surface area contributed by atoms with Gasteiger partial charge in [-0.25, -0.2) is 0 Å². The highest BCUT2D eigenvalue weighted by atomic mass is 16.3. The topological polar surface area (TPSA) is 52.6 Å². The van der Waals surface area contributed by atoms with Gasteiger partial charge in [0.2, 0.25) is 5.91 Å². The third kappa shape index (κ3) is 4.24. The molecular formula is C9H18N2O2. The third-order valence-corrected chi connectivity index (χ3v) is 2.22. The molecular weight excluding hydrogens is 168 g/mol. The lowest BCUT2D eigenvalue weighted by molar-refractivity contribution is -0.119. The number of carbonyl (C=O) groups excluding carboxylic acids is 1. The quantitative estimate of drug-likeness (QED) is 0.592. The summed E-state index contributed by atoms with van der Waals surface area (Å²) in [5.74, 6) is 0.0137. The lowest BCUT2D eigenvalue weighted by Gasteiger charge is -2.20. The van der Waals surface area contributed by atoms with Crippen LogP contribution in [0.2, 0.25) is 0 Å². The number of rotatable bonds is 6. The van der Waals surface area contributed by atoms with Crippen molar-refractivity contribution in [2.24, 2.45) is 0 Å². The molecule has 0 bridgehead atoms. The summed E-state index contributed by atoms with van der Waals surface area (Å²) in [5, 5.41) is 11.5. The molecule has 1 saturated carbocycles. The van der Waals surface area contributed by atoms with Crippen LogP contribution in [0.3, 0.4) is 0 Å². The molecule has 1 rings (SSSR count). The number of hydrogen-bond acceptors (Lipinski definition) is 3. The first kappa shape index (κ1) is 10.5. The van der Waals surface area contributed by atoms with Crippen molar-refractivity contribution in [3.63, 3.8) is 0 Å². The van der Waals surface area contributed by atoms with Crippen molar-refractivity contribution in [3.8, 4) is 0 Å². The van der Waals surface area contributed by atoms with Gasteiger partial charge in [0, 0.05) is 32.6 Å². The molecule has 0 aromatic rings. The maximum Gasteiger partial charge on any atom is 0.216 e. The van der Waals surface area contributed by atoms with Crippen LogP contribution in [0, 0.1) is 0 Å². The highest BCUT2D eigenvalue weighted by Crippen LogP contribution is 2.25. The molecule has 2 N–H and O–H groups in total. The van der Waals surface area contributed by atoms with Gasteiger partial charge >= 0.3 is 0 Å². The second-order valence-electron chi connectivity index (χ2n) is 3.47. The normalized spacial score (nSPS) is 16.2. The van der Waals surface area contributed by atoms with Crippen LogP contribution in [0.15, 0.2) is 0 Å². The van der Waals surface area contributed by atoms with Crippen LogP contribution in [0.25, 0.3) is 0 Å². The Kier molecular flexibility index (Phi) is 4.18. The van der Waals surface area contributed by atoms with Crippen LogP contribution < -0.4 is 5.32 Å². The molecule has 0 aromatic heterocycles. The molecule has 0 unspecified atom stereocenters. The second-order valence-corrected chi connectivity index (χ2v) is 3.47. The smallest absolute Gasteiger partial charge is 0.216 e.